The highest BCUT2D eigenvalue weighted by Gasteiger charge is 2.16. The van der Waals surface area contributed by atoms with Crippen molar-refractivity contribution in [3.8, 4) is 0 Å². The van der Waals surface area contributed by atoms with E-state index in [4.69, 9.17) is 10.2 Å². The van der Waals surface area contributed by atoms with E-state index in [0.29, 0.717) is 29.8 Å². The summed E-state index contributed by atoms with van der Waals surface area (Å²) in [6, 6.07) is 10.7. The molecule has 5 heteroatoms. The Morgan fingerprint density at radius 2 is 1.84 bits per heavy atom. The predicted octanol–water partition coefficient (Wildman–Crippen LogP) is 4.30. The summed E-state index contributed by atoms with van der Waals surface area (Å²) in [4.78, 5) is 9.01. The largest absolute Gasteiger partial charge is 0.443 e. The lowest BCUT2D eigenvalue weighted by atomic mass is 9.97. The van der Waals surface area contributed by atoms with Crippen LogP contribution in [-0.4, -0.2) is 9.97 Å². The van der Waals surface area contributed by atoms with Crippen molar-refractivity contribution in [2.45, 2.75) is 46.7 Å². The van der Waals surface area contributed by atoms with Crippen molar-refractivity contribution >= 4 is 16.9 Å². The maximum atomic E-state index is 6.13. The number of anilines is 1. The van der Waals surface area contributed by atoms with Gasteiger partial charge in [0.1, 0.15) is 17.4 Å². The molecule has 3 N–H and O–H groups in total. The maximum absolute atomic E-state index is 6.13. The van der Waals surface area contributed by atoms with Gasteiger partial charge >= 0.3 is 0 Å². The van der Waals surface area contributed by atoms with Crippen LogP contribution in [0.15, 0.2) is 34.7 Å². The lowest BCUT2D eigenvalue weighted by Crippen LogP contribution is -2.23. The molecular weight excluding hydrogens is 312 g/mol. The Morgan fingerprint density at radius 1 is 1.12 bits per heavy atom. The van der Waals surface area contributed by atoms with E-state index in [9.17, 15) is 0 Å². The molecule has 2 heterocycles. The molecule has 0 amide bonds. The highest BCUT2D eigenvalue weighted by Crippen LogP contribution is 2.27. The highest BCUT2D eigenvalue weighted by molar-refractivity contribution is 5.88. The van der Waals surface area contributed by atoms with Crippen LogP contribution in [0.2, 0.25) is 0 Å². The number of nitrogens with two attached hydrogens (primary N) is 1. The molecule has 2 aromatic heterocycles. The first-order valence-corrected chi connectivity index (χ1v) is 8.76. The molecule has 0 saturated heterocycles. The lowest BCUT2D eigenvalue weighted by molar-refractivity contribution is 0.424. The summed E-state index contributed by atoms with van der Waals surface area (Å²) in [6.07, 6.45) is 1.04. The van der Waals surface area contributed by atoms with E-state index in [1.165, 1.54) is 5.56 Å². The zero-order valence-electron chi connectivity index (χ0n) is 15.3. The van der Waals surface area contributed by atoms with Crippen LogP contribution in [0, 0.1) is 19.8 Å². The number of aromatic nitrogens is 2. The van der Waals surface area contributed by atoms with E-state index in [0.717, 1.165) is 23.1 Å². The van der Waals surface area contributed by atoms with Gasteiger partial charge < -0.3 is 15.5 Å². The molecule has 3 aromatic rings. The van der Waals surface area contributed by atoms with E-state index < -0.39 is 0 Å². The average molecular weight is 338 g/mol. The molecular formula is C20H26N4O. The van der Waals surface area contributed by atoms with Gasteiger partial charge in [-0.2, -0.15) is 4.98 Å². The van der Waals surface area contributed by atoms with Crippen molar-refractivity contribution in [1.82, 2.24) is 15.3 Å². The standard InChI is InChI=1S/C20H26N4O/c1-12(2)10-16(15-8-6-5-7-9-15)22-11-17-23-19(21)18-13(3)14(4)25-20(18)24-17/h5-9,12,16,22H,10-11H2,1-4H3,(H2,21,23,24)/t16-/m0/s1. The van der Waals surface area contributed by atoms with Crippen molar-refractivity contribution in [1.29, 1.82) is 0 Å². The number of nitrogens with zero attached hydrogens (tertiary/aromatic N) is 2. The normalized spacial score (nSPS) is 12.8. The molecule has 0 spiro atoms. The summed E-state index contributed by atoms with van der Waals surface area (Å²) in [5.41, 5.74) is 8.98. The van der Waals surface area contributed by atoms with Crippen LogP contribution in [-0.2, 0) is 6.54 Å². The van der Waals surface area contributed by atoms with Crippen LogP contribution < -0.4 is 11.1 Å². The second kappa shape index (κ2) is 7.23. The van der Waals surface area contributed by atoms with Crippen LogP contribution in [0.25, 0.3) is 11.1 Å². The van der Waals surface area contributed by atoms with Crippen LogP contribution in [0.4, 0.5) is 5.82 Å². The first-order valence-electron chi connectivity index (χ1n) is 8.76. The number of hydrogen-bond acceptors (Lipinski definition) is 5. The van der Waals surface area contributed by atoms with Crippen LogP contribution >= 0.6 is 0 Å². The average Bonchev–Trinajstić information content (AvgIpc) is 2.86. The van der Waals surface area contributed by atoms with Crippen molar-refractivity contribution < 1.29 is 4.42 Å². The zero-order valence-corrected chi connectivity index (χ0v) is 15.3. The summed E-state index contributed by atoms with van der Waals surface area (Å²) in [5, 5.41) is 4.40. The van der Waals surface area contributed by atoms with Crippen molar-refractivity contribution in [3.05, 3.63) is 53.0 Å². The van der Waals surface area contributed by atoms with E-state index in [2.05, 4.69) is 53.4 Å². The maximum Gasteiger partial charge on any atom is 0.231 e. The van der Waals surface area contributed by atoms with Gasteiger partial charge in [0.2, 0.25) is 5.71 Å². The minimum absolute atomic E-state index is 0.252. The fraction of sp³-hybridized carbons (Fsp3) is 0.400. The Kier molecular flexibility index (Phi) is 5.04. The van der Waals surface area contributed by atoms with Crippen molar-refractivity contribution in [2.75, 3.05) is 5.73 Å². The van der Waals surface area contributed by atoms with Gasteiger partial charge in [0.05, 0.1) is 11.9 Å². The fourth-order valence-corrected chi connectivity index (χ4v) is 3.11. The molecule has 0 aliphatic carbocycles. The van der Waals surface area contributed by atoms with Gasteiger partial charge in [-0.25, -0.2) is 4.98 Å². The fourth-order valence-electron chi connectivity index (χ4n) is 3.11. The summed E-state index contributed by atoms with van der Waals surface area (Å²) in [6.45, 7) is 8.90. The second-order valence-corrected chi connectivity index (χ2v) is 6.96. The second-order valence-electron chi connectivity index (χ2n) is 6.96. The first kappa shape index (κ1) is 17.4. The highest BCUT2D eigenvalue weighted by atomic mass is 16.3. The Morgan fingerprint density at radius 3 is 2.52 bits per heavy atom. The molecule has 0 aliphatic rings. The number of hydrogen-bond donors (Lipinski definition) is 2. The molecule has 25 heavy (non-hydrogen) atoms. The lowest BCUT2D eigenvalue weighted by Gasteiger charge is -2.21. The molecule has 1 aromatic carbocycles. The Balaban J connectivity index is 1.82. The van der Waals surface area contributed by atoms with Crippen LogP contribution in [0.3, 0.4) is 0 Å². The van der Waals surface area contributed by atoms with Gasteiger partial charge in [0, 0.05) is 11.6 Å². The molecule has 0 unspecified atom stereocenters. The molecule has 5 nitrogen and oxygen atoms in total. The summed E-state index contributed by atoms with van der Waals surface area (Å²) >= 11 is 0. The van der Waals surface area contributed by atoms with E-state index in [-0.39, 0.29) is 6.04 Å². The van der Waals surface area contributed by atoms with Gasteiger partial charge in [0.25, 0.3) is 0 Å². The smallest absolute Gasteiger partial charge is 0.231 e. The van der Waals surface area contributed by atoms with Crippen molar-refractivity contribution in [2.24, 2.45) is 5.92 Å². The molecule has 3 rings (SSSR count). The van der Waals surface area contributed by atoms with Gasteiger partial charge in [-0.3, -0.25) is 0 Å². The van der Waals surface area contributed by atoms with Crippen LogP contribution in [0.1, 0.15) is 49.0 Å². The summed E-state index contributed by atoms with van der Waals surface area (Å²) in [5.74, 6) is 2.56. The molecule has 1 atom stereocenters. The van der Waals surface area contributed by atoms with Gasteiger partial charge in [-0.05, 0) is 31.7 Å². The Labute approximate surface area is 148 Å². The molecule has 0 saturated carbocycles. The monoisotopic (exact) mass is 338 g/mol. The third-order valence-electron chi connectivity index (χ3n) is 4.52. The number of benzene rings is 1. The molecule has 0 fully saturated rings. The van der Waals surface area contributed by atoms with E-state index in [1.807, 2.05) is 19.9 Å². The minimum Gasteiger partial charge on any atom is -0.443 e. The SMILES string of the molecule is Cc1oc2nc(CN[C@@H](CC(C)C)c3ccccc3)nc(N)c2c1C. The number of rotatable bonds is 6. The minimum atomic E-state index is 0.252. The molecule has 0 bridgehead atoms. The number of fused-ring (bicyclic) bond motifs is 1. The van der Waals surface area contributed by atoms with Gasteiger partial charge in [0.15, 0.2) is 0 Å². The number of furan rings is 1. The Hall–Kier alpha value is -2.40. The van der Waals surface area contributed by atoms with Crippen LogP contribution in [0.5, 0.6) is 0 Å². The summed E-state index contributed by atoms with van der Waals surface area (Å²) in [7, 11) is 0. The third-order valence-corrected chi connectivity index (χ3v) is 4.52. The van der Waals surface area contributed by atoms with E-state index >= 15 is 0 Å². The Bertz CT molecular complexity index is 855. The quantitative estimate of drug-likeness (QED) is 0.701. The number of nitrogens with one attached hydrogen (secondary N) is 1. The predicted molar refractivity (Wildman–Crippen MR) is 101 cm³/mol. The van der Waals surface area contributed by atoms with Gasteiger partial charge in [-0.15, -0.1) is 0 Å². The van der Waals surface area contributed by atoms with Gasteiger partial charge in [-0.1, -0.05) is 44.2 Å². The number of aryl methyl sites for hydroxylation is 2. The van der Waals surface area contributed by atoms with E-state index in [1.54, 1.807) is 0 Å². The third kappa shape index (κ3) is 3.82. The number of nitrogen functional groups attached to an aromatic ring is 1. The zero-order chi connectivity index (χ0) is 18.0. The van der Waals surface area contributed by atoms with Crippen molar-refractivity contribution in [3.63, 3.8) is 0 Å². The topological polar surface area (TPSA) is 77.0 Å². The molecule has 0 radical (unpaired) electrons. The molecule has 0 aliphatic heterocycles. The first-order chi connectivity index (χ1) is 12.0. The molecule has 132 valence electrons. The summed E-state index contributed by atoms with van der Waals surface area (Å²) < 4.78 is 5.72.